The second-order valence-corrected chi connectivity index (χ2v) is 7.88. The van der Waals surface area contributed by atoms with Crippen molar-refractivity contribution < 1.29 is 4.92 Å². The molecule has 9 heteroatoms. The van der Waals surface area contributed by atoms with Gasteiger partial charge in [0.15, 0.2) is 4.34 Å². The minimum Gasteiger partial charge on any atom is -0.269 e. The fourth-order valence-electron chi connectivity index (χ4n) is 2.64. The lowest BCUT2D eigenvalue weighted by atomic mass is 10.3. The molecule has 1 aromatic carbocycles. The smallest absolute Gasteiger partial charge is 0.269 e. The molecule has 0 aliphatic rings. The number of nitro benzene ring substituents is 1. The van der Waals surface area contributed by atoms with Crippen molar-refractivity contribution in [2.75, 3.05) is 0 Å². The maximum absolute atomic E-state index is 12.3. The number of fused-ring (bicyclic) bond motifs is 2. The van der Waals surface area contributed by atoms with Gasteiger partial charge in [-0.15, -0.1) is 11.3 Å². The fourth-order valence-corrected chi connectivity index (χ4v) is 4.63. The van der Waals surface area contributed by atoms with Gasteiger partial charge in [-0.25, -0.2) is 9.97 Å². The van der Waals surface area contributed by atoms with Gasteiger partial charge in [0.05, 0.1) is 20.8 Å². The van der Waals surface area contributed by atoms with Gasteiger partial charge in [0.2, 0.25) is 0 Å². The Morgan fingerprint density at radius 3 is 2.88 bits per heavy atom. The Labute approximate surface area is 155 Å². The highest BCUT2D eigenvalue weighted by atomic mass is 32.2. The first-order valence-corrected chi connectivity index (χ1v) is 9.47. The lowest BCUT2D eigenvalue weighted by Gasteiger charge is -2.05. The quantitative estimate of drug-likeness (QED) is 0.302. The van der Waals surface area contributed by atoms with Crippen LogP contribution in [0.5, 0.6) is 0 Å². The molecular weight excluding hydrogens is 372 g/mol. The van der Waals surface area contributed by atoms with E-state index >= 15 is 0 Å². The van der Waals surface area contributed by atoms with Crippen LogP contribution in [-0.4, -0.2) is 19.3 Å². The normalized spacial score (nSPS) is 11.3. The summed E-state index contributed by atoms with van der Waals surface area (Å²) < 4.78 is 3.13. The summed E-state index contributed by atoms with van der Waals surface area (Å²) in [5.41, 5.74) is 2.81. The van der Waals surface area contributed by atoms with Gasteiger partial charge in [0.1, 0.15) is 5.65 Å². The number of pyridine rings is 1. The molecule has 0 radical (unpaired) electrons. The molecule has 4 rings (SSSR count). The first-order valence-electron chi connectivity index (χ1n) is 7.67. The number of thiazole rings is 1. The van der Waals surface area contributed by atoms with Crippen molar-refractivity contribution >= 4 is 44.6 Å². The van der Waals surface area contributed by atoms with Gasteiger partial charge in [-0.2, -0.15) is 0 Å². The molecule has 4 aromatic rings. The van der Waals surface area contributed by atoms with E-state index in [1.807, 2.05) is 19.1 Å². The van der Waals surface area contributed by atoms with Gasteiger partial charge in [0, 0.05) is 29.6 Å². The lowest BCUT2D eigenvalue weighted by molar-refractivity contribution is -0.384. The molecule has 0 spiro atoms. The molecular formula is C17H12N4O3S2. The Morgan fingerprint density at radius 2 is 2.08 bits per heavy atom. The van der Waals surface area contributed by atoms with Crippen LogP contribution < -0.4 is 5.56 Å². The Balaban J connectivity index is 1.61. The molecule has 0 bridgehead atoms. The average Bonchev–Trinajstić information content (AvgIpc) is 3.01. The molecule has 7 nitrogen and oxygen atoms in total. The molecule has 0 aliphatic carbocycles. The second-order valence-electron chi connectivity index (χ2n) is 5.62. The zero-order valence-corrected chi connectivity index (χ0v) is 15.2. The minimum absolute atomic E-state index is 0.0530. The van der Waals surface area contributed by atoms with Crippen LogP contribution in [0.1, 0.15) is 11.4 Å². The minimum atomic E-state index is -0.416. The van der Waals surface area contributed by atoms with E-state index in [2.05, 4.69) is 9.97 Å². The number of nitro groups is 1. The number of thioether (sulfide) groups is 1. The highest BCUT2D eigenvalue weighted by molar-refractivity contribution is 8.00. The van der Waals surface area contributed by atoms with Crippen LogP contribution in [0.25, 0.3) is 15.9 Å². The Bertz CT molecular complexity index is 1220. The number of non-ortho nitro benzene ring substituents is 1. The third kappa shape index (κ3) is 3.06. The van der Waals surface area contributed by atoms with Crippen LogP contribution in [0.4, 0.5) is 5.69 Å². The number of rotatable bonds is 4. The summed E-state index contributed by atoms with van der Waals surface area (Å²) >= 11 is 2.86. The van der Waals surface area contributed by atoms with Gasteiger partial charge in [-0.1, -0.05) is 17.8 Å². The summed E-state index contributed by atoms with van der Waals surface area (Å²) in [6, 6.07) is 11.7. The van der Waals surface area contributed by atoms with Crippen molar-refractivity contribution in [2.45, 2.75) is 17.0 Å². The van der Waals surface area contributed by atoms with Crippen molar-refractivity contribution in [3.8, 4) is 0 Å². The Kier molecular flexibility index (Phi) is 4.17. The van der Waals surface area contributed by atoms with Crippen LogP contribution in [0.3, 0.4) is 0 Å². The van der Waals surface area contributed by atoms with Crippen molar-refractivity contribution in [3.63, 3.8) is 0 Å². The molecule has 26 heavy (non-hydrogen) atoms. The van der Waals surface area contributed by atoms with Crippen LogP contribution in [0.15, 0.2) is 51.6 Å². The van der Waals surface area contributed by atoms with E-state index < -0.39 is 4.92 Å². The molecule has 3 heterocycles. The van der Waals surface area contributed by atoms with E-state index in [4.69, 9.17) is 0 Å². The van der Waals surface area contributed by atoms with Gasteiger partial charge in [-0.3, -0.25) is 19.3 Å². The summed E-state index contributed by atoms with van der Waals surface area (Å²) in [6.07, 6.45) is 0. The lowest BCUT2D eigenvalue weighted by Crippen LogP contribution is -2.17. The van der Waals surface area contributed by atoms with Crippen LogP contribution in [0.2, 0.25) is 0 Å². The van der Waals surface area contributed by atoms with E-state index in [0.717, 1.165) is 20.3 Å². The number of benzene rings is 1. The van der Waals surface area contributed by atoms with Gasteiger partial charge >= 0.3 is 0 Å². The summed E-state index contributed by atoms with van der Waals surface area (Å²) in [7, 11) is 0. The topological polar surface area (TPSA) is 90.4 Å². The number of aryl methyl sites for hydroxylation is 1. The maximum atomic E-state index is 12.3. The van der Waals surface area contributed by atoms with Gasteiger partial charge in [0.25, 0.3) is 11.2 Å². The molecule has 0 saturated carbocycles. The van der Waals surface area contributed by atoms with E-state index in [1.54, 1.807) is 16.5 Å². The monoisotopic (exact) mass is 384 g/mol. The largest absolute Gasteiger partial charge is 0.270 e. The van der Waals surface area contributed by atoms with Gasteiger partial charge in [-0.05, 0) is 25.1 Å². The zero-order chi connectivity index (χ0) is 18.3. The van der Waals surface area contributed by atoms with E-state index in [9.17, 15) is 14.9 Å². The molecule has 0 aliphatic heterocycles. The number of hydrogen-bond acceptors (Lipinski definition) is 7. The summed E-state index contributed by atoms with van der Waals surface area (Å²) in [4.78, 5) is 31.8. The molecule has 0 N–H and O–H groups in total. The summed E-state index contributed by atoms with van der Waals surface area (Å²) in [6.45, 7) is 1.87. The molecule has 0 atom stereocenters. The van der Waals surface area contributed by atoms with E-state index in [-0.39, 0.29) is 11.2 Å². The Morgan fingerprint density at radius 1 is 1.23 bits per heavy atom. The van der Waals surface area contributed by atoms with E-state index in [1.165, 1.54) is 41.3 Å². The highest BCUT2D eigenvalue weighted by Crippen LogP contribution is 2.33. The van der Waals surface area contributed by atoms with Crippen molar-refractivity contribution in [2.24, 2.45) is 0 Å². The molecule has 130 valence electrons. The van der Waals surface area contributed by atoms with Crippen molar-refractivity contribution in [1.29, 1.82) is 0 Å². The number of hydrogen-bond donors (Lipinski definition) is 0. The Hall–Kier alpha value is -2.78. The zero-order valence-electron chi connectivity index (χ0n) is 13.6. The molecule has 0 amide bonds. The standard InChI is InChI=1S/C17H12N4O3S2/c1-10-3-2-4-15-18-11(7-16(22)20(10)15)9-25-17-19-13-6-5-12(21(23)24)8-14(13)26-17/h2-8H,9H2,1H3. The number of aromatic nitrogens is 3. The molecule has 3 aromatic heterocycles. The second kappa shape index (κ2) is 6.50. The van der Waals surface area contributed by atoms with E-state index in [0.29, 0.717) is 17.1 Å². The predicted molar refractivity (Wildman–Crippen MR) is 102 cm³/mol. The van der Waals surface area contributed by atoms with Crippen LogP contribution >= 0.6 is 23.1 Å². The SMILES string of the molecule is Cc1cccc2nc(CSc3nc4ccc([N+](=O)[O-])cc4s3)cc(=O)n12. The highest BCUT2D eigenvalue weighted by Gasteiger charge is 2.11. The fraction of sp³-hybridized carbons (Fsp3) is 0.118. The molecule has 0 unspecified atom stereocenters. The van der Waals surface area contributed by atoms with Crippen LogP contribution in [-0.2, 0) is 5.75 Å². The first-order chi connectivity index (χ1) is 12.5. The summed E-state index contributed by atoms with van der Waals surface area (Å²) in [5, 5.41) is 10.9. The molecule has 0 fully saturated rings. The van der Waals surface area contributed by atoms with Crippen molar-refractivity contribution in [3.05, 3.63) is 74.3 Å². The maximum Gasteiger partial charge on any atom is 0.270 e. The van der Waals surface area contributed by atoms with Crippen LogP contribution in [0, 0.1) is 17.0 Å². The molecule has 0 saturated heterocycles. The average molecular weight is 384 g/mol. The van der Waals surface area contributed by atoms with Crippen molar-refractivity contribution in [1.82, 2.24) is 14.4 Å². The third-order valence-corrected chi connectivity index (χ3v) is 6.03. The third-order valence-electron chi connectivity index (χ3n) is 3.84. The number of nitrogens with zero attached hydrogens (tertiary/aromatic N) is 4. The van der Waals surface area contributed by atoms with Gasteiger partial charge < -0.3 is 0 Å². The first kappa shape index (κ1) is 16.7. The summed E-state index contributed by atoms with van der Waals surface area (Å²) in [5.74, 6) is 0.502. The predicted octanol–water partition coefficient (Wildman–Crippen LogP) is 3.81.